The van der Waals surface area contributed by atoms with Crippen LogP contribution >= 0.6 is 27.5 Å². The number of rotatable bonds is 1. The first kappa shape index (κ1) is 8.42. The molecule has 0 unspecified atom stereocenters. The zero-order valence-corrected chi connectivity index (χ0v) is 7.56. The van der Waals surface area contributed by atoms with Gasteiger partial charge >= 0.3 is 0 Å². The van der Waals surface area contributed by atoms with E-state index in [0.717, 1.165) is 0 Å². The Labute approximate surface area is 75.9 Å². The number of aromatic nitrogens is 1. The van der Waals surface area contributed by atoms with Crippen molar-refractivity contribution in [2.24, 2.45) is 5.18 Å². The minimum absolute atomic E-state index is 0.0845. The number of nitroso groups, excluding NO2 is 1. The molecule has 0 aliphatic carbocycles. The highest BCUT2D eigenvalue weighted by molar-refractivity contribution is 9.10. The predicted octanol–water partition coefficient (Wildman–Crippen LogP) is 2.48. The number of anilines is 1. The number of nitrogens with two attached hydrogens (primary N) is 1. The van der Waals surface area contributed by atoms with Gasteiger partial charge in [-0.15, -0.1) is 4.91 Å². The first-order chi connectivity index (χ1) is 5.16. The van der Waals surface area contributed by atoms with Crippen LogP contribution in [0.4, 0.5) is 11.4 Å². The van der Waals surface area contributed by atoms with Crippen LogP contribution in [0.25, 0.3) is 0 Å². The largest absolute Gasteiger partial charge is 0.396 e. The van der Waals surface area contributed by atoms with Gasteiger partial charge < -0.3 is 5.73 Å². The Morgan fingerprint density at radius 3 is 2.91 bits per heavy atom. The van der Waals surface area contributed by atoms with Gasteiger partial charge in [-0.25, -0.2) is 4.98 Å². The van der Waals surface area contributed by atoms with Crippen molar-refractivity contribution in [1.82, 2.24) is 4.98 Å². The fourth-order valence-electron chi connectivity index (χ4n) is 0.540. The normalized spacial score (nSPS) is 9.64. The number of hydrogen-bond donors (Lipinski definition) is 1. The Bertz CT molecular complexity index is 304. The van der Waals surface area contributed by atoms with Crippen LogP contribution in [0, 0.1) is 4.91 Å². The van der Waals surface area contributed by atoms with Crippen molar-refractivity contribution >= 4 is 38.9 Å². The van der Waals surface area contributed by atoms with Crippen LogP contribution in [0.2, 0.25) is 5.15 Å². The summed E-state index contributed by atoms with van der Waals surface area (Å²) in [5, 5.41) is 2.86. The van der Waals surface area contributed by atoms with Crippen LogP contribution in [-0.4, -0.2) is 4.98 Å². The second-order valence-electron chi connectivity index (χ2n) is 1.75. The van der Waals surface area contributed by atoms with Crippen molar-refractivity contribution in [1.29, 1.82) is 0 Å². The van der Waals surface area contributed by atoms with Gasteiger partial charge in [0.25, 0.3) is 0 Å². The van der Waals surface area contributed by atoms with E-state index in [1.54, 1.807) is 0 Å². The van der Waals surface area contributed by atoms with Crippen LogP contribution in [0.3, 0.4) is 0 Å². The molecule has 4 nitrogen and oxygen atoms in total. The first-order valence-electron chi connectivity index (χ1n) is 2.59. The molecule has 0 spiro atoms. The molecule has 0 aromatic carbocycles. The summed E-state index contributed by atoms with van der Waals surface area (Å²) in [6.07, 6.45) is 1.22. The molecule has 1 aromatic heterocycles. The van der Waals surface area contributed by atoms with Gasteiger partial charge in [-0.3, -0.25) is 0 Å². The summed E-state index contributed by atoms with van der Waals surface area (Å²) in [6.45, 7) is 0. The molecule has 0 saturated heterocycles. The molecule has 58 valence electrons. The molecule has 1 heterocycles. The topological polar surface area (TPSA) is 68.3 Å². The molecule has 0 atom stereocenters. The molecule has 0 amide bonds. The smallest absolute Gasteiger partial charge is 0.150 e. The maximum atomic E-state index is 10.1. The first-order valence-corrected chi connectivity index (χ1v) is 3.76. The SMILES string of the molecule is Nc1c(N=O)cnc(Cl)c1Br. The van der Waals surface area contributed by atoms with Crippen molar-refractivity contribution in [3.8, 4) is 0 Å². The minimum Gasteiger partial charge on any atom is -0.396 e. The lowest BCUT2D eigenvalue weighted by Crippen LogP contribution is -1.89. The van der Waals surface area contributed by atoms with E-state index in [1.165, 1.54) is 6.20 Å². The lowest BCUT2D eigenvalue weighted by Gasteiger charge is -1.99. The highest BCUT2D eigenvalue weighted by Gasteiger charge is 2.07. The molecular weight excluding hydrogens is 233 g/mol. The molecular formula is C5H3BrClN3O. The second-order valence-corrected chi connectivity index (χ2v) is 2.90. The lowest BCUT2D eigenvalue weighted by atomic mass is 10.4. The van der Waals surface area contributed by atoms with Crippen molar-refractivity contribution < 1.29 is 0 Å². The standard InChI is InChI=1S/C5H3BrClN3O/c6-3-4(8)2(10-11)1-9-5(3)7/h1H,(H2,8,9). The van der Waals surface area contributed by atoms with E-state index in [2.05, 4.69) is 26.1 Å². The summed E-state index contributed by atoms with van der Waals surface area (Å²) in [5.74, 6) is 0. The molecule has 2 N–H and O–H groups in total. The molecule has 1 aromatic rings. The zero-order valence-electron chi connectivity index (χ0n) is 5.21. The summed E-state index contributed by atoms with van der Waals surface area (Å²) in [4.78, 5) is 13.7. The van der Waals surface area contributed by atoms with Crippen molar-refractivity contribution in [3.63, 3.8) is 0 Å². The molecule has 0 radical (unpaired) electrons. The van der Waals surface area contributed by atoms with Gasteiger partial charge in [-0.05, 0) is 21.1 Å². The Kier molecular flexibility index (Phi) is 2.41. The second kappa shape index (κ2) is 3.15. The van der Waals surface area contributed by atoms with E-state index >= 15 is 0 Å². The molecule has 0 bridgehead atoms. The van der Waals surface area contributed by atoms with Gasteiger partial charge in [0, 0.05) is 0 Å². The van der Waals surface area contributed by atoms with Gasteiger partial charge in [0.2, 0.25) is 0 Å². The van der Waals surface area contributed by atoms with Crippen LogP contribution in [0.5, 0.6) is 0 Å². The lowest BCUT2D eigenvalue weighted by molar-refractivity contribution is 1.29. The third-order valence-corrected chi connectivity index (χ3v) is 2.41. The summed E-state index contributed by atoms with van der Waals surface area (Å²) in [7, 11) is 0. The molecule has 0 aliphatic heterocycles. The van der Waals surface area contributed by atoms with Crippen LogP contribution in [0.15, 0.2) is 15.8 Å². The highest BCUT2D eigenvalue weighted by Crippen LogP contribution is 2.33. The highest BCUT2D eigenvalue weighted by atomic mass is 79.9. The fraction of sp³-hybridized carbons (Fsp3) is 0. The van der Waals surface area contributed by atoms with Gasteiger partial charge in [0.15, 0.2) is 0 Å². The van der Waals surface area contributed by atoms with Crippen molar-refractivity contribution in [3.05, 3.63) is 20.7 Å². The molecule has 0 saturated carbocycles. The van der Waals surface area contributed by atoms with E-state index in [0.29, 0.717) is 4.47 Å². The summed E-state index contributed by atoms with van der Waals surface area (Å²) in [6, 6.07) is 0. The third kappa shape index (κ3) is 1.49. The fourth-order valence-corrected chi connectivity index (χ4v) is 0.996. The molecule has 6 heteroatoms. The number of hydrogen-bond acceptors (Lipinski definition) is 4. The van der Waals surface area contributed by atoms with E-state index in [4.69, 9.17) is 17.3 Å². The molecule has 11 heavy (non-hydrogen) atoms. The van der Waals surface area contributed by atoms with Gasteiger partial charge in [-0.2, -0.15) is 0 Å². The van der Waals surface area contributed by atoms with E-state index in [1.807, 2.05) is 0 Å². The van der Waals surface area contributed by atoms with E-state index < -0.39 is 0 Å². The summed E-state index contributed by atoms with van der Waals surface area (Å²) >= 11 is 8.61. The predicted molar refractivity (Wildman–Crippen MR) is 46.8 cm³/mol. The molecule has 1 rings (SSSR count). The van der Waals surface area contributed by atoms with E-state index in [-0.39, 0.29) is 16.5 Å². The maximum absolute atomic E-state index is 10.1. The van der Waals surface area contributed by atoms with Gasteiger partial charge in [0.1, 0.15) is 10.8 Å². The zero-order chi connectivity index (χ0) is 8.43. The van der Waals surface area contributed by atoms with E-state index in [9.17, 15) is 4.91 Å². The summed E-state index contributed by atoms with van der Waals surface area (Å²) < 4.78 is 0.399. The molecule has 0 aliphatic rings. The van der Waals surface area contributed by atoms with Crippen LogP contribution in [-0.2, 0) is 0 Å². The van der Waals surface area contributed by atoms with Crippen LogP contribution < -0.4 is 5.73 Å². The third-order valence-electron chi connectivity index (χ3n) is 1.09. The minimum atomic E-state index is 0.0845. The average molecular weight is 236 g/mol. The molecule has 0 fully saturated rings. The maximum Gasteiger partial charge on any atom is 0.150 e. The van der Waals surface area contributed by atoms with Crippen LogP contribution in [0.1, 0.15) is 0 Å². The van der Waals surface area contributed by atoms with Gasteiger partial charge in [0.05, 0.1) is 16.4 Å². The number of nitrogens with zero attached hydrogens (tertiary/aromatic N) is 2. The summed E-state index contributed by atoms with van der Waals surface area (Å²) in [5.41, 5.74) is 5.72. The monoisotopic (exact) mass is 235 g/mol. The van der Waals surface area contributed by atoms with Crippen molar-refractivity contribution in [2.75, 3.05) is 5.73 Å². The number of nitrogen functional groups attached to an aromatic ring is 1. The number of halogens is 2. The number of pyridine rings is 1. The quantitative estimate of drug-likeness (QED) is 0.601. The van der Waals surface area contributed by atoms with Crippen molar-refractivity contribution in [2.45, 2.75) is 0 Å². The van der Waals surface area contributed by atoms with Gasteiger partial charge in [-0.1, -0.05) is 11.6 Å². The Hall–Kier alpha value is -0.680. The Morgan fingerprint density at radius 2 is 2.36 bits per heavy atom. The average Bonchev–Trinajstić information content (AvgIpc) is 2.01. The Morgan fingerprint density at radius 1 is 1.73 bits per heavy atom. The Balaban J connectivity index is 3.36.